The first-order valence-corrected chi connectivity index (χ1v) is 7.97. The van der Waals surface area contributed by atoms with Gasteiger partial charge in [-0.2, -0.15) is 13.2 Å². The van der Waals surface area contributed by atoms with Gasteiger partial charge in [0.1, 0.15) is 29.4 Å². The van der Waals surface area contributed by atoms with E-state index in [4.69, 9.17) is 5.73 Å². The Labute approximate surface area is 147 Å². The predicted octanol–water partition coefficient (Wildman–Crippen LogP) is 2.75. The number of fused-ring (bicyclic) bond motifs is 1. The normalized spacial score (nSPS) is 20.3. The Kier molecular flexibility index (Phi) is 4.05. The maximum absolute atomic E-state index is 14.3. The highest BCUT2D eigenvalue weighted by Gasteiger charge is 2.37. The van der Waals surface area contributed by atoms with Crippen molar-refractivity contribution < 1.29 is 17.6 Å². The van der Waals surface area contributed by atoms with Gasteiger partial charge in [-0.05, 0) is 25.1 Å². The van der Waals surface area contributed by atoms with E-state index in [0.717, 1.165) is 10.8 Å². The van der Waals surface area contributed by atoms with E-state index in [9.17, 15) is 22.4 Å². The molecule has 0 amide bonds. The van der Waals surface area contributed by atoms with Gasteiger partial charge in [-0.25, -0.2) is 9.18 Å². The highest BCUT2D eigenvalue weighted by Crippen LogP contribution is 2.34. The van der Waals surface area contributed by atoms with Crippen LogP contribution in [0.5, 0.6) is 0 Å². The molecule has 1 aliphatic rings. The van der Waals surface area contributed by atoms with Gasteiger partial charge in [0.2, 0.25) is 0 Å². The zero-order valence-electron chi connectivity index (χ0n) is 12.9. The molecule has 1 aliphatic heterocycles. The van der Waals surface area contributed by atoms with Crippen LogP contribution in [0.2, 0.25) is 0 Å². The number of alkyl halides is 3. The highest BCUT2D eigenvalue weighted by atomic mass is 79.9. The number of imidazole rings is 1. The first-order valence-electron chi connectivity index (χ1n) is 7.18. The lowest BCUT2D eigenvalue weighted by atomic mass is 9.90. The second-order valence-corrected chi connectivity index (χ2v) is 6.94. The molecule has 2 aromatic rings. The van der Waals surface area contributed by atoms with Crippen LogP contribution in [0, 0.1) is 5.82 Å². The van der Waals surface area contributed by atoms with Crippen LogP contribution in [0.1, 0.15) is 18.2 Å². The van der Waals surface area contributed by atoms with E-state index in [0.29, 0.717) is 9.04 Å². The molecule has 2 N–H and O–H groups in total. The van der Waals surface area contributed by atoms with Crippen LogP contribution in [-0.4, -0.2) is 21.1 Å². The lowest BCUT2D eigenvalue weighted by molar-refractivity contribution is -0.141. The van der Waals surface area contributed by atoms with Crippen molar-refractivity contribution in [3.63, 3.8) is 0 Å². The average molecular weight is 421 g/mol. The third-order valence-electron chi connectivity index (χ3n) is 4.00. The minimum absolute atomic E-state index is 0.0853. The van der Waals surface area contributed by atoms with Gasteiger partial charge in [-0.1, -0.05) is 15.9 Å². The maximum atomic E-state index is 14.3. The van der Waals surface area contributed by atoms with Crippen LogP contribution in [0.15, 0.2) is 38.7 Å². The molecule has 1 unspecified atom stereocenters. The lowest BCUT2D eigenvalue weighted by Gasteiger charge is -2.31. The molecule has 5 nitrogen and oxygen atoms in total. The quantitative estimate of drug-likeness (QED) is 0.759. The smallest absolute Gasteiger partial charge is 0.382 e. The number of hydrogen-bond acceptors (Lipinski definition) is 3. The van der Waals surface area contributed by atoms with Gasteiger partial charge in [-0.3, -0.25) is 14.1 Å². The van der Waals surface area contributed by atoms with Crippen molar-refractivity contribution in [2.45, 2.75) is 31.7 Å². The summed E-state index contributed by atoms with van der Waals surface area (Å²) in [4.78, 5) is 16.6. The van der Waals surface area contributed by atoms with Crippen LogP contribution in [-0.2, 0) is 18.6 Å². The van der Waals surface area contributed by atoms with Gasteiger partial charge in [0.05, 0.1) is 6.54 Å². The molecule has 1 aromatic carbocycles. The molecule has 2 heterocycles. The topological polar surface area (TPSA) is 65.3 Å². The second kappa shape index (κ2) is 5.72. The number of aliphatic imine (C=N–C) groups is 1. The van der Waals surface area contributed by atoms with Crippen LogP contribution in [0.4, 0.5) is 17.6 Å². The molecular formula is C15H13BrF4N4O. The number of hydrogen-bond donors (Lipinski definition) is 1. The molecule has 0 spiro atoms. The third-order valence-corrected chi connectivity index (χ3v) is 4.49. The summed E-state index contributed by atoms with van der Waals surface area (Å²) in [5.41, 5.74) is 4.03. The highest BCUT2D eigenvalue weighted by molar-refractivity contribution is 9.10. The Bertz CT molecular complexity index is 931. The Morgan fingerprint density at radius 3 is 2.72 bits per heavy atom. The van der Waals surface area contributed by atoms with Gasteiger partial charge in [0.15, 0.2) is 0 Å². The van der Waals surface area contributed by atoms with E-state index in [2.05, 4.69) is 20.9 Å². The molecule has 10 heteroatoms. The zero-order valence-corrected chi connectivity index (χ0v) is 14.5. The van der Waals surface area contributed by atoms with Crippen molar-refractivity contribution >= 4 is 21.8 Å². The van der Waals surface area contributed by atoms with Crippen molar-refractivity contribution in [3.8, 4) is 0 Å². The van der Waals surface area contributed by atoms with Gasteiger partial charge in [0.25, 0.3) is 0 Å². The summed E-state index contributed by atoms with van der Waals surface area (Å²) >= 11 is 3.24. The van der Waals surface area contributed by atoms with E-state index >= 15 is 0 Å². The first kappa shape index (κ1) is 17.7. The Hall–Kier alpha value is -2.10. The summed E-state index contributed by atoms with van der Waals surface area (Å²) in [6, 6.07) is 4.26. The van der Waals surface area contributed by atoms with Gasteiger partial charge in [-0.15, -0.1) is 0 Å². The van der Waals surface area contributed by atoms with Crippen molar-refractivity contribution in [1.29, 1.82) is 0 Å². The average Bonchev–Trinajstić information content (AvgIpc) is 2.77. The van der Waals surface area contributed by atoms with Crippen molar-refractivity contribution in [2.75, 3.05) is 0 Å². The van der Waals surface area contributed by atoms with E-state index in [1.165, 1.54) is 18.2 Å². The molecule has 0 radical (unpaired) electrons. The first-order chi connectivity index (χ1) is 11.5. The molecule has 0 saturated heterocycles. The number of aromatic nitrogens is 2. The minimum Gasteiger partial charge on any atom is -0.382 e. The second-order valence-electron chi connectivity index (χ2n) is 6.02. The summed E-state index contributed by atoms with van der Waals surface area (Å²) in [7, 11) is 0. The van der Waals surface area contributed by atoms with Crippen LogP contribution < -0.4 is 11.4 Å². The van der Waals surface area contributed by atoms with Crippen LogP contribution in [0.3, 0.4) is 0 Å². The van der Waals surface area contributed by atoms with E-state index < -0.39 is 29.8 Å². The molecule has 0 aliphatic carbocycles. The molecular weight excluding hydrogens is 408 g/mol. The standard InChI is InChI=1S/C15H13BrF4N4O/c1-14(9-4-8(16)2-3-10(9)17)6-24-11(12(21)22-14)5-23(13(24)25)7-15(18,19)20/h2-5H,6-7H2,1H3,(H2,21,22). The molecule has 134 valence electrons. The fourth-order valence-corrected chi connectivity index (χ4v) is 3.28. The zero-order chi connectivity index (χ0) is 18.6. The molecule has 1 atom stereocenters. The van der Waals surface area contributed by atoms with Gasteiger partial charge < -0.3 is 5.73 Å². The number of nitrogens with two attached hydrogens (primary N) is 1. The van der Waals surface area contributed by atoms with Gasteiger partial charge in [0, 0.05) is 16.2 Å². The third kappa shape index (κ3) is 3.22. The number of amidine groups is 1. The molecule has 0 saturated carbocycles. The summed E-state index contributed by atoms with van der Waals surface area (Å²) in [5.74, 6) is -0.667. The minimum atomic E-state index is -4.55. The summed E-state index contributed by atoms with van der Waals surface area (Å²) < 4.78 is 54.3. The Morgan fingerprint density at radius 2 is 2.08 bits per heavy atom. The maximum Gasteiger partial charge on any atom is 0.406 e. The number of benzene rings is 1. The Morgan fingerprint density at radius 1 is 1.40 bits per heavy atom. The fourth-order valence-electron chi connectivity index (χ4n) is 2.92. The van der Waals surface area contributed by atoms with Gasteiger partial charge >= 0.3 is 11.9 Å². The fraction of sp³-hybridized carbons (Fsp3) is 0.333. The van der Waals surface area contributed by atoms with E-state index in [1.807, 2.05) is 0 Å². The summed E-state index contributed by atoms with van der Waals surface area (Å²) in [6.07, 6.45) is -3.53. The van der Waals surface area contributed by atoms with Crippen molar-refractivity contribution in [2.24, 2.45) is 10.7 Å². The Balaban J connectivity index is 2.10. The van der Waals surface area contributed by atoms with E-state index in [1.54, 1.807) is 6.92 Å². The SMILES string of the molecule is CC1(c2cc(Br)ccc2F)Cn2c(cn(CC(F)(F)F)c2=O)C(N)=N1. The number of nitrogens with zero attached hydrogens (tertiary/aromatic N) is 3. The van der Waals surface area contributed by atoms with Crippen molar-refractivity contribution in [3.05, 3.63) is 56.4 Å². The monoisotopic (exact) mass is 420 g/mol. The van der Waals surface area contributed by atoms with Crippen LogP contribution >= 0.6 is 15.9 Å². The number of halogens is 5. The summed E-state index contributed by atoms with van der Waals surface area (Å²) in [6.45, 7) is 0.0162. The molecule has 3 rings (SSSR count). The van der Waals surface area contributed by atoms with Crippen molar-refractivity contribution in [1.82, 2.24) is 9.13 Å². The molecule has 0 bridgehead atoms. The number of rotatable bonds is 2. The lowest BCUT2D eigenvalue weighted by Crippen LogP contribution is -2.41. The molecule has 25 heavy (non-hydrogen) atoms. The predicted molar refractivity (Wildman–Crippen MR) is 86.9 cm³/mol. The van der Waals surface area contributed by atoms with Crippen LogP contribution in [0.25, 0.3) is 0 Å². The van der Waals surface area contributed by atoms with E-state index in [-0.39, 0.29) is 23.6 Å². The molecule has 1 aromatic heterocycles. The summed E-state index contributed by atoms with van der Waals surface area (Å²) in [5, 5.41) is 0. The largest absolute Gasteiger partial charge is 0.406 e. The molecule has 0 fully saturated rings.